The van der Waals surface area contributed by atoms with Gasteiger partial charge in [0, 0.05) is 18.9 Å². The Hall–Kier alpha value is -0.960. The second-order valence-corrected chi connectivity index (χ2v) is 6.63. The maximum absolute atomic E-state index is 9.02. The molecule has 1 atom stereocenters. The maximum Gasteiger partial charge on any atom is 0.0982 e. The summed E-state index contributed by atoms with van der Waals surface area (Å²) in [5.41, 5.74) is 0. The zero-order valence-electron chi connectivity index (χ0n) is 15.2. The van der Waals surface area contributed by atoms with E-state index >= 15 is 0 Å². The maximum atomic E-state index is 9.02. The van der Waals surface area contributed by atoms with Crippen molar-refractivity contribution >= 4 is 0 Å². The van der Waals surface area contributed by atoms with Crippen LogP contribution in [-0.4, -0.2) is 29.3 Å². The van der Waals surface area contributed by atoms with Gasteiger partial charge in [-0.15, -0.1) is 0 Å². The lowest BCUT2D eigenvalue weighted by molar-refractivity contribution is 0.194. The second kappa shape index (κ2) is 14.6. The summed E-state index contributed by atoms with van der Waals surface area (Å²) < 4.78 is 0. The lowest BCUT2D eigenvalue weighted by Gasteiger charge is -2.24. The van der Waals surface area contributed by atoms with Crippen LogP contribution < -0.4 is 5.32 Å². The molecular formula is C20H38N2O. The van der Waals surface area contributed by atoms with Crippen molar-refractivity contribution in [3.63, 3.8) is 0 Å². The molecule has 0 fully saturated rings. The summed E-state index contributed by atoms with van der Waals surface area (Å²) in [6.07, 6.45) is 25.0. The summed E-state index contributed by atoms with van der Waals surface area (Å²) in [5.74, 6) is 0. The normalized spacial score (nSPS) is 17.3. The third-order valence-corrected chi connectivity index (χ3v) is 4.55. The Labute approximate surface area is 143 Å². The predicted octanol–water partition coefficient (Wildman–Crippen LogP) is 4.94. The van der Waals surface area contributed by atoms with Gasteiger partial charge in [0.05, 0.1) is 12.8 Å². The summed E-state index contributed by atoms with van der Waals surface area (Å²) in [7, 11) is 0. The summed E-state index contributed by atoms with van der Waals surface area (Å²) in [4.78, 5) is 2.20. The molecule has 0 bridgehead atoms. The van der Waals surface area contributed by atoms with Crippen LogP contribution in [0.3, 0.4) is 0 Å². The molecular weight excluding hydrogens is 284 g/mol. The molecule has 3 nitrogen and oxygen atoms in total. The van der Waals surface area contributed by atoms with Crippen molar-refractivity contribution in [3.8, 4) is 0 Å². The van der Waals surface area contributed by atoms with Crippen molar-refractivity contribution in [2.45, 2.75) is 90.1 Å². The SMILES string of the molecule is CCCCCCC/C=C/CCCCCCC1NC=CN1CCO. The van der Waals surface area contributed by atoms with Gasteiger partial charge < -0.3 is 15.3 Å². The monoisotopic (exact) mass is 322 g/mol. The highest BCUT2D eigenvalue weighted by Gasteiger charge is 2.16. The zero-order chi connectivity index (χ0) is 16.6. The van der Waals surface area contributed by atoms with E-state index in [9.17, 15) is 0 Å². The number of aliphatic hydroxyl groups excluding tert-OH is 1. The molecule has 134 valence electrons. The van der Waals surface area contributed by atoms with Gasteiger partial charge in [-0.1, -0.05) is 57.6 Å². The number of hydrogen-bond donors (Lipinski definition) is 2. The largest absolute Gasteiger partial charge is 0.395 e. The van der Waals surface area contributed by atoms with Gasteiger partial charge in [0.15, 0.2) is 0 Å². The number of hydrogen-bond acceptors (Lipinski definition) is 3. The number of β-amino-alcohol motifs (C(OH)–C–C–N with tert-alkyl or cyclic N) is 1. The highest BCUT2D eigenvalue weighted by Crippen LogP contribution is 2.14. The number of aliphatic hydroxyl groups is 1. The summed E-state index contributed by atoms with van der Waals surface area (Å²) in [6, 6.07) is 0. The summed E-state index contributed by atoms with van der Waals surface area (Å²) >= 11 is 0. The molecule has 3 heteroatoms. The quantitative estimate of drug-likeness (QED) is 0.331. The molecule has 0 spiro atoms. The van der Waals surface area contributed by atoms with Gasteiger partial charge >= 0.3 is 0 Å². The van der Waals surface area contributed by atoms with E-state index in [1.165, 1.54) is 77.0 Å². The van der Waals surface area contributed by atoms with Crippen LogP contribution in [0.5, 0.6) is 0 Å². The Morgan fingerprint density at radius 3 is 2.26 bits per heavy atom. The van der Waals surface area contributed by atoms with Gasteiger partial charge in [0.2, 0.25) is 0 Å². The first-order valence-corrected chi connectivity index (χ1v) is 9.82. The smallest absolute Gasteiger partial charge is 0.0982 e. The van der Waals surface area contributed by atoms with Crippen LogP contribution in [0.4, 0.5) is 0 Å². The van der Waals surface area contributed by atoms with Gasteiger partial charge in [0.1, 0.15) is 0 Å². The zero-order valence-corrected chi connectivity index (χ0v) is 15.2. The van der Waals surface area contributed by atoms with Crippen LogP contribution in [0.25, 0.3) is 0 Å². The number of rotatable bonds is 15. The first-order valence-electron chi connectivity index (χ1n) is 9.82. The van der Waals surface area contributed by atoms with E-state index in [1.807, 2.05) is 12.4 Å². The van der Waals surface area contributed by atoms with Crippen LogP contribution in [0.1, 0.15) is 84.0 Å². The van der Waals surface area contributed by atoms with Crippen molar-refractivity contribution in [2.24, 2.45) is 0 Å². The van der Waals surface area contributed by atoms with Crippen molar-refractivity contribution < 1.29 is 5.11 Å². The lowest BCUT2D eigenvalue weighted by Crippen LogP contribution is -2.36. The summed E-state index contributed by atoms with van der Waals surface area (Å²) in [5, 5.41) is 12.4. The average Bonchev–Trinajstić information content (AvgIpc) is 2.99. The van der Waals surface area contributed by atoms with E-state index in [0.717, 1.165) is 6.54 Å². The van der Waals surface area contributed by atoms with Crippen LogP contribution in [0.15, 0.2) is 24.6 Å². The number of nitrogens with one attached hydrogen (secondary N) is 1. The molecule has 0 amide bonds. The first-order chi connectivity index (χ1) is 11.4. The first kappa shape index (κ1) is 20.1. The number of unbranched alkanes of at least 4 members (excludes halogenated alkanes) is 9. The number of allylic oxidation sites excluding steroid dienone is 2. The topological polar surface area (TPSA) is 35.5 Å². The summed E-state index contributed by atoms with van der Waals surface area (Å²) in [6.45, 7) is 3.23. The molecule has 23 heavy (non-hydrogen) atoms. The molecule has 0 radical (unpaired) electrons. The fraction of sp³-hybridized carbons (Fsp3) is 0.800. The van der Waals surface area contributed by atoms with Gasteiger partial charge in [0.25, 0.3) is 0 Å². The molecule has 1 heterocycles. The van der Waals surface area contributed by atoms with Crippen molar-refractivity contribution in [2.75, 3.05) is 13.2 Å². The third-order valence-electron chi connectivity index (χ3n) is 4.55. The minimum atomic E-state index is 0.230. The van der Waals surface area contributed by atoms with E-state index < -0.39 is 0 Å². The van der Waals surface area contributed by atoms with E-state index in [1.54, 1.807) is 0 Å². The Kier molecular flexibility index (Phi) is 12.8. The molecule has 1 rings (SSSR count). The molecule has 0 saturated carbocycles. The second-order valence-electron chi connectivity index (χ2n) is 6.63. The van der Waals surface area contributed by atoms with E-state index in [4.69, 9.17) is 5.11 Å². The van der Waals surface area contributed by atoms with Crippen LogP contribution in [-0.2, 0) is 0 Å². The lowest BCUT2D eigenvalue weighted by atomic mass is 10.1. The Balaban J connectivity index is 1.84. The van der Waals surface area contributed by atoms with Crippen LogP contribution in [0, 0.1) is 0 Å². The highest BCUT2D eigenvalue weighted by atomic mass is 16.3. The minimum Gasteiger partial charge on any atom is -0.395 e. The van der Waals surface area contributed by atoms with E-state index in [0.29, 0.717) is 6.17 Å². The fourth-order valence-corrected chi connectivity index (χ4v) is 3.10. The van der Waals surface area contributed by atoms with Crippen molar-refractivity contribution in [1.82, 2.24) is 10.2 Å². The molecule has 0 aromatic heterocycles. The molecule has 2 N–H and O–H groups in total. The highest BCUT2D eigenvalue weighted by molar-refractivity contribution is 4.93. The number of nitrogens with zero attached hydrogens (tertiary/aromatic N) is 1. The van der Waals surface area contributed by atoms with Gasteiger partial charge in [-0.3, -0.25) is 0 Å². The van der Waals surface area contributed by atoms with Crippen LogP contribution in [0.2, 0.25) is 0 Å². The fourth-order valence-electron chi connectivity index (χ4n) is 3.10. The standard InChI is InChI=1S/C20H38N2O/c1-2-3-4-5-6-7-8-9-10-11-12-13-14-15-20-21-16-17-22(20)18-19-23/h8-9,16-17,20-21,23H,2-7,10-15,18-19H2,1H3/b9-8+. The predicted molar refractivity (Wildman–Crippen MR) is 100 cm³/mol. The molecule has 1 aliphatic rings. The molecule has 0 aliphatic carbocycles. The van der Waals surface area contributed by atoms with Crippen molar-refractivity contribution in [1.29, 1.82) is 0 Å². The molecule has 0 saturated heterocycles. The molecule has 0 aromatic carbocycles. The van der Waals surface area contributed by atoms with Gasteiger partial charge in [-0.25, -0.2) is 0 Å². The Morgan fingerprint density at radius 1 is 0.957 bits per heavy atom. The Morgan fingerprint density at radius 2 is 1.61 bits per heavy atom. The minimum absolute atomic E-state index is 0.230. The van der Waals surface area contributed by atoms with E-state index in [2.05, 4.69) is 29.3 Å². The third kappa shape index (κ3) is 10.4. The van der Waals surface area contributed by atoms with Crippen LogP contribution >= 0.6 is 0 Å². The Bertz CT molecular complexity index is 315. The molecule has 1 unspecified atom stereocenters. The van der Waals surface area contributed by atoms with E-state index in [-0.39, 0.29) is 6.61 Å². The van der Waals surface area contributed by atoms with Gasteiger partial charge in [-0.2, -0.15) is 0 Å². The average molecular weight is 323 g/mol. The van der Waals surface area contributed by atoms with Gasteiger partial charge in [-0.05, 0) is 38.5 Å². The van der Waals surface area contributed by atoms with Crippen molar-refractivity contribution in [3.05, 3.63) is 24.6 Å². The molecule has 0 aromatic rings. The molecule has 1 aliphatic heterocycles.